The molecule has 0 aliphatic heterocycles. The largest absolute Gasteiger partial charge is 0.481 e. The summed E-state index contributed by atoms with van der Waals surface area (Å²) in [5, 5.41) is 9.65. The Morgan fingerprint density at radius 1 is 1.38 bits per heavy atom. The average Bonchev–Trinajstić information content (AvgIpc) is 3.16. The van der Waals surface area contributed by atoms with Crippen molar-refractivity contribution in [2.45, 2.75) is 25.3 Å². The Hall–Kier alpha value is -1.82. The summed E-state index contributed by atoms with van der Waals surface area (Å²) < 4.78 is 6.43. The van der Waals surface area contributed by atoms with Crippen LogP contribution >= 0.6 is 15.9 Å². The maximum Gasteiger partial charge on any atom is 0.305 e. The van der Waals surface area contributed by atoms with E-state index in [1.54, 1.807) is 11.0 Å². The number of furan rings is 1. The molecule has 1 aliphatic carbocycles. The van der Waals surface area contributed by atoms with E-state index < -0.39 is 5.97 Å². The van der Waals surface area contributed by atoms with Gasteiger partial charge < -0.3 is 14.4 Å². The first-order chi connectivity index (χ1) is 10.1. The van der Waals surface area contributed by atoms with Gasteiger partial charge in [0.15, 0.2) is 5.76 Å². The lowest BCUT2D eigenvalue weighted by atomic mass is 10.2. The summed E-state index contributed by atoms with van der Waals surface area (Å²) in [6.45, 7) is 0.219. The molecule has 21 heavy (non-hydrogen) atoms. The minimum Gasteiger partial charge on any atom is -0.481 e. The molecule has 0 unspecified atom stereocenters. The summed E-state index contributed by atoms with van der Waals surface area (Å²) in [7, 11) is 0. The number of aliphatic carboxylic acids is 1. The maximum atomic E-state index is 12.5. The lowest BCUT2D eigenvalue weighted by Crippen LogP contribution is -2.34. The fourth-order valence-corrected chi connectivity index (χ4v) is 2.79. The molecule has 0 spiro atoms. The number of hydrogen-bond acceptors (Lipinski definition) is 3. The number of carbonyl (C=O) groups excluding carboxylic acids is 1. The van der Waals surface area contributed by atoms with Gasteiger partial charge in [-0.2, -0.15) is 0 Å². The third-order valence-corrected chi connectivity index (χ3v) is 4.15. The van der Waals surface area contributed by atoms with Crippen molar-refractivity contribution in [1.82, 2.24) is 4.90 Å². The molecule has 1 aromatic carbocycles. The first-order valence-corrected chi connectivity index (χ1v) is 7.56. The van der Waals surface area contributed by atoms with Crippen LogP contribution in [0, 0.1) is 0 Å². The predicted molar refractivity (Wildman–Crippen MR) is 80.2 cm³/mol. The van der Waals surface area contributed by atoms with Gasteiger partial charge in [0.2, 0.25) is 0 Å². The molecule has 0 radical (unpaired) electrons. The zero-order valence-electron chi connectivity index (χ0n) is 11.2. The molecule has 1 amide bonds. The number of hydrogen-bond donors (Lipinski definition) is 1. The average molecular weight is 352 g/mol. The molecular weight excluding hydrogens is 338 g/mol. The number of rotatable bonds is 5. The molecule has 0 bridgehead atoms. The summed E-state index contributed by atoms with van der Waals surface area (Å²) in [5.41, 5.74) is 0.634. The van der Waals surface area contributed by atoms with Gasteiger partial charge in [-0.15, -0.1) is 0 Å². The Morgan fingerprint density at radius 2 is 2.14 bits per heavy atom. The van der Waals surface area contributed by atoms with Crippen LogP contribution in [0.15, 0.2) is 33.2 Å². The molecule has 1 aliphatic rings. The van der Waals surface area contributed by atoms with Crippen LogP contribution in [0.3, 0.4) is 0 Å². The molecule has 3 rings (SSSR count). The first-order valence-electron chi connectivity index (χ1n) is 6.77. The van der Waals surface area contributed by atoms with Crippen LogP contribution < -0.4 is 0 Å². The van der Waals surface area contributed by atoms with E-state index in [1.807, 2.05) is 18.2 Å². The van der Waals surface area contributed by atoms with Gasteiger partial charge in [0.1, 0.15) is 5.58 Å². The van der Waals surface area contributed by atoms with Crippen LogP contribution in [-0.4, -0.2) is 34.5 Å². The number of carboxylic acids is 1. The smallest absolute Gasteiger partial charge is 0.305 e. The van der Waals surface area contributed by atoms with Gasteiger partial charge in [0.05, 0.1) is 10.9 Å². The number of halogens is 1. The van der Waals surface area contributed by atoms with E-state index in [-0.39, 0.29) is 30.7 Å². The number of nitrogens with zero attached hydrogens (tertiary/aromatic N) is 1. The lowest BCUT2D eigenvalue weighted by Gasteiger charge is -2.20. The molecule has 110 valence electrons. The molecule has 1 N–H and O–H groups in total. The molecule has 1 fully saturated rings. The quantitative estimate of drug-likeness (QED) is 0.897. The molecule has 5 nitrogen and oxygen atoms in total. The van der Waals surface area contributed by atoms with E-state index in [9.17, 15) is 9.59 Å². The van der Waals surface area contributed by atoms with E-state index in [4.69, 9.17) is 9.52 Å². The van der Waals surface area contributed by atoms with Gasteiger partial charge in [-0.1, -0.05) is 12.1 Å². The highest BCUT2D eigenvalue weighted by Crippen LogP contribution is 2.31. The fourth-order valence-electron chi connectivity index (χ4n) is 2.33. The number of amides is 1. The van der Waals surface area contributed by atoms with E-state index in [1.165, 1.54) is 0 Å². The second kappa shape index (κ2) is 5.52. The zero-order valence-corrected chi connectivity index (χ0v) is 12.8. The second-order valence-corrected chi connectivity index (χ2v) is 6.00. The lowest BCUT2D eigenvalue weighted by molar-refractivity contribution is -0.137. The molecule has 0 saturated heterocycles. The first kappa shape index (κ1) is 14.1. The number of fused-ring (bicyclic) bond motifs is 1. The van der Waals surface area contributed by atoms with Crippen LogP contribution in [0.5, 0.6) is 0 Å². The third-order valence-electron chi connectivity index (χ3n) is 3.52. The van der Waals surface area contributed by atoms with Crippen molar-refractivity contribution >= 4 is 38.8 Å². The normalized spacial score (nSPS) is 14.3. The van der Waals surface area contributed by atoms with Gasteiger partial charge in [0.25, 0.3) is 5.91 Å². The maximum absolute atomic E-state index is 12.5. The summed E-state index contributed by atoms with van der Waals surface area (Å²) in [4.78, 5) is 24.9. The molecule has 1 heterocycles. The monoisotopic (exact) mass is 351 g/mol. The molecule has 6 heteroatoms. The Kier molecular flexibility index (Phi) is 3.71. The van der Waals surface area contributed by atoms with Crippen molar-refractivity contribution in [1.29, 1.82) is 0 Å². The van der Waals surface area contributed by atoms with Gasteiger partial charge in [-0.25, -0.2) is 0 Å². The van der Waals surface area contributed by atoms with E-state index in [0.717, 1.165) is 22.7 Å². The van der Waals surface area contributed by atoms with Crippen molar-refractivity contribution in [3.05, 3.63) is 34.5 Å². The van der Waals surface area contributed by atoms with E-state index in [2.05, 4.69) is 15.9 Å². The van der Waals surface area contributed by atoms with Crippen molar-refractivity contribution in [3.63, 3.8) is 0 Å². The van der Waals surface area contributed by atoms with Gasteiger partial charge in [-0.05, 0) is 40.9 Å². The topological polar surface area (TPSA) is 70.8 Å². The highest BCUT2D eigenvalue weighted by molar-refractivity contribution is 9.10. The SMILES string of the molecule is O=C(O)CCN(C(=O)c1cc2cccc(Br)c2o1)C1CC1. The summed E-state index contributed by atoms with van der Waals surface area (Å²) in [5.74, 6) is -0.878. The van der Waals surface area contributed by atoms with Gasteiger partial charge in [0, 0.05) is 18.0 Å². The Balaban J connectivity index is 1.87. The van der Waals surface area contributed by atoms with Gasteiger partial charge >= 0.3 is 5.97 Å². The van der Waals surface area contributed by atoms with Crippen LogP contribution in [0.25, 0.3) is 11.0 Å². The van der Waals surface area contributed by atoms with Crippen molar-refractivity contribution < 1.29 is 19.1 Å². The molecule has 2 aromatic rings. The van der Waals surface area contributed by atoms with Crippen molar-refractivity contribution in [2.24, 2.45) is 0 Å². The zero-order chi connectivity index (χ0) is 15.0. The van der Waals surface area contributed by atoms with Crippen LogP contribution in [0.1, 0.15) is 29.8 Å². The molecule has 1 aromatic heterocycles. The third kappa shape index (κ3) is 2.95. The highest BCUT2D eigenvalue weighted by atomic mass is 79.9. The minimum absolute atomic E-state index is 0.0494. The minimum atomic E-state index is -0.902. The van der Waals surface area contributed by atoms with Crippen molar-refractivity contribution in [3.8, 4) is 0 Å². The number of benzene rings is 1. The Morgan fingerprint density at radius 3 is 2.76 bits per heavy atom. The summed E-state index contributed by atoms with van der Waals surface area (Å²) >= 11 is 3.39. The molecular formula is C15H14BrNO4. The van der Waals surface area contributed by atoms with Crippen molar-refractivity contribution in [2.75, 3.05) is 6.54 Å². The standard InChI is InChI=1S/C15H14BrNO4/c16-11-3-1-2-9-8-12(21-14(9)11)15(20)17(10-4-5-10)7-6-13(18)19/h1-3,8,10H,4-7H2,(H,18,19). The Bertz CT molecular complexity index is 705. The summed E-state index contributed by atoms with van der Waals surface area (Å²) in [6.07, 6.45) is 1.80. The van der Waals surface area contributed by atoms with E-state index >= 15 is 0 Å². The molecule has 0 atom stereocenters. The van der Waals surface area contributed by atoms with E-state index in [0.29, 0.717) is 5.58 Å². The van der Waals surface area contributed by atoms with Gasteiger partial charge in [-0.3, -0.25) is 9.59 Å². The Labute approximate surface area is 129 Å². The highest BCUT2D eigenvalue weighted by Gasteiger charge is 2.34. The van der Waals surface area contributed by atoms with Crippen LogP contribution in [0.4, 0.5) is 0 Å². The number of carboxylic acid groups (broad SMARTS) is 1. The fraction of sp³-hybridized carbons (Fsp3) is 0.333. The molecule has 1 saturated carbocycles. The van der Waals surface area contributed by atoms with Crippen LogP contribution in [-0.2, 0) is 4.79 Å². The second-order valence-electron chi connectivity index (χ2n) is 5.14. The van der Waals surface area contributed by atoms with Crippen LogP contribution in [0.2, 0.25) is 0 Å². The number of para-hydroxylation sites is 1. The number of carbonyl (C=O) groups is 2. The predicted octanol–water partition coefficient (Wildman–Crippen LogP) is 3.27. The summed E-state index contributed by atoms with van der Waals surface area (Å²) in [6, 6.07) is 7.45.